The maximum absolute atomic E-state index is 6.89. The van der Waals surface area contributed by atoms with Gasteiger partial charge in [0.05, 0.1) is 0 Å². The average molecular weight is 348 g/mol. The van der Waals surface area contributed by atoms with E-state index in [9.17, 15) is 0 Å². The summed E-state index contributed by atoms with van der Waals surface area (Å²) >= 11 is 0. The van der Waals surface area contributed by atoms with Crippen molar-refractivity contribution >= 4 is 0 Å². The molecule has 1 fully saturated rings. The van der Waals surface area contributed by atoms with Gasteiger partial charge in [0.15, 0.2) is 0 Å². The molecular formula is C6H13N2VW-. The molecule has 2 nitrogen and oxygen atoms in total. The Kier molecular flexibility index (Phi) is 14.4. The normalized spacial score (nSPS) is 17.4. The smallest absolute Gasteiger partial charge is 0.703 e. The molecule has 1 heterocycles. The zero-order chi connectivity index (χ0) is 5.28. The van der Waals surface area contributed by atoms with E-state index >= 15 is 0 Å². The summed E-state index contributed by atoms with van der Waals surface area (Å²) in [6.45, 7) is 2.65. The third kappa shape index (κ3) is 4.93. The maximum Gasteiger partial charge on any atom is 2.00 e. The van der Waals surface area contributed by atoms with Gasteiger partial charge in [-0.15, -0.1) is 13.1 Å². The van der Waals surface area contributed by atoms with Crippen molar-refractivity contribution in [2.24, 2.45) is 0 Å². The molecule has 4 heteroatoms. The first-order chi connectivity index (χ1) is 3.33. The van der Waals surface area contributed by atoms with Crippen LogP contribution in [0.4, 0.5) is 0 Å². The van der Waals surface area contributed by atoms with Crippen LogP contribution in [0.3, 0.4) is 0 Å². The Labute approximate surface area is 90.1 Å². The summed E-state index contributed by atoms with van der Waals surface area (Å²) in [5, 5.41) is 0. The minimum atomic E-state index is 0. The molecule has 0 saturated carbocycles. The predicted molar refractivity (Wildman–Crippen MR) is 36.3 cm³/mol. The Bertz CT molecular complexity index is 66.8. The van der Waals surface area contributed by atoms with E-state index in [2.05, 4.69) is 11.9 Å². The fraction of sp³-hybridized carbons (Fsp3) is 0.667. The van der Waals surface area contributed by atoms with Gasteiger partial charge < -0.3 is 24.0 Å². The summed E-state index contributed by atoms with van der Waals surface area (Å²) in [6.07, 6.45) is 0. The minimum absolute atomic E-state index is 0. The fourth-order valence-electron chi connectivity index (χ4n) is 0.829. The molecule has 0 aromatic carbocycles. The van der Waals surface area contributed by atoms with Crippen molar-refractivity contribution in [1.82, 2.24) is 4.90 Å². The van der Waals surface area contributed by atoms with Crippen molar-refractivity contribution in [3.63, 3.8) is 0 Å². The summed E-state index contributed by atoms with van der Waals surface area (Å²) in [5.74, 6) is 1.36. The van der Waals surface area contributed by atoms with Crippen LogP contribution in [0.5, 0.6) is 0 Å². The van der Waals surface area contributed by atoms with Gasteiger partial charge in [-0.3, -0.25) is 6.54 Å². The second kappa shape index (κ2) is 8.29. The SMILES string of the molecule is CN1C[C-](C[NH-])C1.[CH3-].[V+2].[W]. The molecule has 1 aliphatic rings. The molecule has 1 rings (SSSR count). The van der Waals surface area contributed by atoms with Gasteiger partial charge in [-0.2, -0.15) is 0 Å². The Morgan fingerprint density at radius 3 is 2.00 bits per heavy atom. The number of hydrogen-bond donors (Lipinski definition) is 0. The van der Waals surface area contributed by atoms with Crippen molar-refractivity contribution in [2.45, 2.75) is 0 Å². The van der Waals surface area contributed by atoms with Crippen LogP contribution in [0.15, 0.2) is 0 Å². The first-order valence-electron chi connectivity index (χ1n) is 2.49. The number of nitrogens with zero attached hydrogens (tertiary/aromatic N) is 1. The Balaban J connectivity index is -0.000000163. The van der Waals surface area contributed by atoms with Crippen LogP contribution in [0.1, 0.15) is 0 Å². The van der Waals surface area contributed by atoms with Gasteiger partial charge in [-0.25, -0.2) is 0 Å². The van der Waals surface area contributed by atoms with E-state index in [0.717, 1.165) is 13.1 Å². The molecule has 1 radical (unpaired) electrons. The number of nitrogens with one attached hydrogen (secondary N) is 1. The number of hydrogen-bond acceptors (Lipinski definition) is 1. The van der Waals surface area contributed by atoms with Crippen LogP contribution in [-0.4, -0.2) is 31.6 Å². The van der Waals surface area contributed by atoms with Crippen LogP contribution in [0.25, 0.3) is 5.73 Å². The zero-order valence-corrected chi connectivity index (χ0v) is 10.8. The molecule has 10 heavy (non-hydrogen) atoms. The largest absolute Gasteiger partial charge is 2.00 e. The van der Waals surface area contributed by atoms with Gasteiger partial charge in [0.1, 0.15) is 0 Å². The first-order valence-corrected chi connectivity index (χ1v) is 2.49. The van der Waals surface area contributed by atoms with Crippen molar-refractivity contribution in [1.29, 1.82) is 0 Å². The molecule has 1 N–H and O–H groups in total. The molecule has 59 valence electrons. The van der Waals surface area contributed by atoms with Crippen molar-refractivity contribution in [2.75, 3.05) is 26.7 Å². The molecular weight excluding hydrogens is 335 g/mol. The predicted octanol–water partition coefficient (Wildman–Crippen LogP) is 1.00. The molecule has 1 aliphatic heterocycles. The summed E-state index contributed by atoms with van der Waals surface area (Å²) in [7, 11) is 2.07. The molecule has 0 bridgehead atoms. The Morgan fingerprint density at radius 2 is 1.90 bits per heavy atom. The van der Waals surface area contributed by atoms with Crippen LogP contribution >= 0.6 is 0 Å². The third-order valence-corrected chi connectivity index (χ3v) is 1.24. The van der Waals surface area contributed by atoms with Crippen LogP contribution < -0.4 is 0 Å². The second-order valence-corrected chi connectivity index (χ2v) is 2.10. The van der Waals surface area contributed by atoms with E-state index in [1.807, 2.05) is 0 Å². The third-order valence-electron chi connectivity index (χ3n) is 1.24. The van der Waals surface area contributed by atoms with Gasteiger partial charge in [-0.1, -0.05) is 0 Å². The maximum atomic E-state index is 6.89. The van der Waals surface area contributed by atoms with Gasteiger partial charge in [0.2, 0.25) is 0 Å². The molecule has 0 unspecified atom stereocenters. The fourth-order valence-corrected chi connectivity index (χ4v) is 0.829. The Hall–Kier alpha value is 1.19. The summed E-state index contributed by atoms with van der Waals surface area (Å²) in [5.41, 5.74) is 6.89. The van der Waals surface area contributed by atoms with Crippen LogP contribution in [-0.2, 0) is 39.6 Å². The summed E-state index contributed by atoms with van der Waals surface area (Å²) < 4.78 is 0. The zero-order valence-electron chi connectivity index (χ0n) is 6.42. The topological polar surface area (TPSA) is 27.0 Å². The van der Waals surface area contributed by atoms with Crippen LogP contribution in [0, 0.1) is 13.3 Å². The number of rotatable bonds is 1. The Morgan fingerprint density at radius 1 is 1.50 bits per heavy atom. The number of likely N-dealkylation sites (tertiary alicyclic amines) is 1. The van der Waals surface area contributed by atoms with Gasteiger partial charge in [0, 0.05) is 21.1 Å². The van der Waals surface area contributed by atoms with Crippen molar-refractivity contribution < 1.29 is 39.6 Å². The van der Waals surface area contributed by atoms with E-state index in [0.29, 0.717) is 6.54 Å². The van der Waals surface area contributed by atoms with E-state index in [-0.39, 0.29) is 47.0 Å². The van der Waals surface area contributed by atoms with E-state index in [4.69, 9.17) is 5.73 Å². The van der Waals surface area contributed by atoms with Gasteiger partial charge in [0.25, 0.3) is 0 Å². The average Bonchev–Trinajstić information content (AvgIpc) is 1.58. The quantitative estimate of drug-likeness (QED) is 0.650. The molecule has 0 aromatic heterocycles. The monoisotopic (exact) mass is 348 g/mol. The summed E-state index contributed by atoms with van der Waals surface area (Å²) in [6, 6.07) is 0. The van der Waals surface area contributed by atoms with Gasteiger partial charge in [-0.05, 0) is 7.05 Å². The molecule has 0 amide bonds. The first kappa shape index (κ1) is 17.3. The van der Waals surface area contributed by atoms with Gasteiger partial charge >= 0.3 is 18.6 Å². The van der Waals surface area contributed by atoms with Crippen LogP contribution in [0.2, 0.25) is 0 Å². The van der Waals surface area contributed by atoms with Crippen molar-refractivity contribution in [3.05, 3.63) is 19.1 Å². The van der Waals surface area contributed by atoms with E-state index in [1.54, 1.807) is 0 Å². The van der Waals surface area contributed by atoms with E-state index < -0.39 is 0 Å². The van der Waals surface area contributed by atoms with Crippen molar-refractivity contribution in [3.8, 4) is 0 Å². The molecule has 1 saturated heterocycles. The molecule has 0 aliphatic carbocycles. The minimum Gasteiger partial charge on any atom is -0.703 e. The standard InChI is InChI=1S/C5H10N2.CH3.V.W/c1-7-3-5(2-6)4-7;;;/h6H,2-4H2,1H3;1H3;;/q-2;-1;+2;. The summed E-state index contributed by atoms with van der Waals surface area (Å²) in [4.78, 5) is 2.20. The van der Waals surface area contributed by atoms with E-state index in [1.165, 1.54) is 5.92 Å². The molecule has 0 atom stereocenters. The second-order valence-electron chi connectivity index (χ2n) is 2.10. The molecule has 0 spiro atoms. The molecule has 0 aromatic rings.